The Hall–Kier alpha value is -1.51. The molecular weight excluding hydrogens is 384 g/mol. The number of aryl methyl sites for hydroxylation is 1. The monoisotopic (exact) mass is 392 g/mol. The van der Waals surface area contributed by atoms with Gasteiger partial charge >= 0.3 is 5.97 Å². The highest BCUT2D eigenvalue weighted by Gasteiger charge is 2.23. The number of anilines is 1. The smallest absolute Gasteiger partial charge is 0.339 e. The van der Waals surface area contributed by atoms with Crippen LogP contribution in [-0.2, 0) is 10.0 Å². The Balaban J connectivity index is 2.45. The first-order valence-electron chi connectivity index (χ1n) is 5.61. The molecule has 0 bridgehead atoms. The lowest BCUT2D eigenvalue weighted by Gasteiger charge is -2.09. The van der Waals surface area contributed by atoms with Crippen LogP contribution in [0, 0.1) is 6.92 Å². The first-order chi connectivity index (χ1) is 9.72. The van der Waals surface area contributed by atoms with E-state index in [4.69, 9.17) is 16.7 Å². The number of hydrogen-bond acceptors (Lipinski definition) is 3. The number of aromatic amines is 1. The van der Waals surface area contributed by atoms with Gasteiger partial charge in [0.15, 0.2) is 0 Å². The molecule has 0 radical (unpaired) electrons. The minimum atomic E-state index is -3.99. The SMILES string of the molecule is Cc1[nH]cc(NS(=O)(=O)c2ccc(Br)cc2Cl)c1C(=O)O. The zero-order valence-electron chi connectivity index (χ0n) is 10.6. The molecule has 0 unspecified atom stereocenters. The zero-order chi connectivity index (χ0) is 15.8. The molecule has 1 aromatic heterocycles. The molecule has 1 heterocycles. The molecule has 1 aromatic carbocycles. The number of hydrogen-bond donors (Lipinski definition) is 3. The second-order valence-electron chi connectivity index (χ2n) is 4.19. The van der Waals surface area contributed by atoms with Crippen molar-refractivity contribution in [1.29, 1.82) is 0 Å². The van der Waals surface area contributed by atoms with E-state index in [1.54, 1.807) is 0 Å². The summed E-state index contributed by atoms with van der Waals surface area (Å²) in [5.74, 6) is -1.23. The Labute approximate surface area is 134 Å². The minimum absolute atomic E-state index is 0.0287. The average Bonchev–Trinajstić information content (AvgIpc) is 2.68. The summed E-state index contributed by atoms with van der Waals surface area (Å²) in [7, 11) is -3.99. The van der Waals surface area contributed by atoms with Gasteiger partial charge in [0.05, 0.1) is 10.7 Å². The maximum atomic E-state index is 12.3. The van der Waals surface area contributed by atoms with Gasteiger partial charge in [0, 0.05) is 16.4 Å². The summed E-state index contributed by atoms with van der Waals surface area (Å²) in [4.78, 5) is 13.7. The van der Waals surface area contributed by atoms with E-state index >= 15 is 0 Å². The number of sulfonamides is 1. The summed E-state index contributed by atoms with van der Waals surface area (Å²) in [6.45, 7) is 1.54. The molecule has 0 saturated carbocycles. The lowest BCUT2D eigenvalue weighted by molar-refractivity contribution is 0.0697. The lowest BCUT2D eigenvalue weighted by Crippen LogP contribution is -2.15. The number of aromatic nitrogens is 1. The van der Waals surface area contributed by atoms with Crippen molar-refractivity contribution >= 4 is 49.2 Å². The van der Waals surface area contributed by atoms with Gasteiger partial charge in [-0.2, -0.15) is 0 Å². The fourth-order valence-electron chi connectivity index (χ4n) is 1.78. The summed E-state index contributed by atoms with van der Waals surface area (Å²) < 4.78 is 27.5. The quantitative estimate of drug-likeness (QED) is 0.742. The Kier molecular flexibility index (Phi) is 4.31. The van der Waals surface area contributed by atoms with Crippen LogP contribution in [0.3, 0.4) is 0 Å². The van der Waals surface area contributed by atoms with E-state index in [1.165, 1.54) is 31.3 Å². The number of H-pyrrole nitrogens is 1. The predicted octanol–water partition coefficient (Wildman–Crippen LogP) is 3.24. The fraction of sp³-hybridized carbons (Fsp3) is 0.0833. The molecule has 0 amide bonds. The first-order valence-corrected chi connectivity index (χ1v) is 8.27. The van der Waals surface area contributed by atoms with Gasteiger partial charge in [-0.15, -0.1) is 0 Å². The molecule has 0 saturated heterocycles. The molecule has 21 heavy (non-hydrogen) atoms. The summed E-state index contributed by atoms with van der Waals surface area (Å²) >= 11 is 9.10. The maximum Gasteiger partial charge on any atom is 0.339 e. The molecule has 6 nitrogen and oxygen atoms in total. The third kappa shape index (κ3) is 3.22. The van der Waals surface area contributed by atoms with Gasteiger partial charge in [-0.25, -0.2) is 13.2 Å². The zero-order valence-corrected chi connectivity index (χ0v) is 13.8. The highest BCUT2D eigenvalue weighted by molar-refractivity contribution is 9.10. The lowest BCUT2D eigenvalue weighted by atomic mass is 10.2. The number of nitrogens with one attached hydrogen (secondary N) is 2. The number of rotatable bonds is 4. The molecule has 9 heteroatoms. The Morgan fingerprint density at radius 1 is 1.43 bits per heavy atom. The largest absolute Gasteiger partial charge is 0.478 e. The van der Waals surface area contributed by atoms with E-state index < -0.39 is 16.0 Å². The number of benzene rings is 1. The second-order valence-corrected chi connectivity index (χ2v) is 7.16. The molecule has 2 aromatic rings. The Morgan fingerprint density at radius 2 is 2.10 bits per heavy atom. The molecule has 0 atom stereocenters. The number of carboxylic acids is 1. The normalized spacial score (nSPS) is 11.4. The average molecular weight is 394 g/mol. The summed E-state index contributed by atoms with van der Waals surface area (Å²) in [5, 5.41) is 9.14. The van der Waals surface area contributed by atoms with Crippen LogP contribution < -0.4 is 4.72 Å². The van der Waals surface area contributed by atoms with Crippen molar-refractivity contribution in [3.05, 3.63) is 45.1 Å². The van der Waals surface area contributed by atoms with E-state index in [2.05, 4.69) is 25.6 Å². The van der Waals surface area contributed by atoms with E-state index in [0.29, 0.717) is 10.2 Å². The molecule has 112 valence electrons. The molecule has 0 aliphatic carbocycles. The van der Waals surface area contributed by atoms with Crippen molar-refractivity contribution in [2.45, 2.75) is 11.8 Å². The summed E-state index contributed by atoms with van der Waals surface area (Å²) in [5.41, 5.74) is 0.174. The number of aromatic carboxylic acids is 1. The van der Waals surface area contributed by atoms with Gasteiger partial charge in [0.2, 0.25) is 0 Å². The third-order valence-electron chi connectivity index (χ3n) is 2.72. The topological polar surface area (TPSA) is 99.3 Å². The van der Waals surface area contributed by atoms with Gasteiger partial charge in [-0.1, -0.05) is 27.5 Å². The second kappa shape index (κ2) is 5.70. The van der Waals surface area contributed by atoms with Gasteiger partial charge in [-0.05, 0) is 25.1 Å². The van der Waals surface area contributed by atoms with Gasteiger partial charge in [-0.3, -0.25) is 4.72 Å². The van der Waals surface area contributed by atoms with Crippen LogP contribution in [0.4, 0.5) is 5.69 Å². The molecule has 0 aliphatic heterocycles. The van der Waals surface area contributed by atoms with Crippen molar-refractivity contribution < 1.29 is 18.3 Å². The van der Waals surface area contributed by atoms with Crippen LogP contribution in [0.25, 0.3) is 0 Å². The van der Waals surface area contributed by atoms with Crippen LogP contribution in [0.1, 0.15) is 16.1 Å². The molecule has 0 aliphatic rings. The fourth-order valence-corrected chi connectivity index (χ4v) is 3.88. The van der Waals surface area contributed by atoms with Crippen LogP contribution in [0.15, 0.2) is 33.8 Å². The van der Waals surface area contributed by atoms with Gasteiger partial charge in [0.25, 0.3) is 10.0 Å². The molecule has 2 rings (SSSR count). The maximum absolute atomic E-state index is 12.3. The van der Waals surface area contributed by atoms with Crippen LogP contribution >= 0.6 is 27.5 Å². The standard InChI is InChI=1S/C12H10BrClN2O4S/c1-6-11(12(17)18)9(5-15-6)16-21(19,20)10-3-2-7(13)4-8(10)14/h2-5,15-16H,1H3,(H,17,18). The summed E-state index contributed by atoms with van der Waals surface area (Å²) in [6.07, 6.45) is 1.28. The predicted molar refractivity (Wildman–Crippen MR) is 82.4 cm³/mol. The number of carbonyl (C=O) groups is 1. The van der Waals surface area contributed by atoms with Crippen molar-refractivity contribution in [2.24, 2.45) is 0 Å². The molecule has 3 N–H and O–H groups in total. The molecular formula is C12H10BrClN2O4S. The number of halogens is 2. The van der Waals surface area contributed by atoms with Crippen molar-refractivity contribution in [3.8, 4) is 0 Å². The highest BCUT2D eigenvalue weighted by Crippen LogP contribution is 2.28. The van der Waals surface area contributed by atoms with E-state index in [0.717, 1.165) is 0 Å². The highest BCUT2D eigenvalue weighted by atomic mass is 79.9. The molecule has 0 spiro atoms. The molecule has 0 fully saturated rings. The van der Waals surface area contributed by atoms with Gasteiger partial charge < -0.3 is 10.1 Å². The Bertz CT molecular complexity index is 817. The summed E-state index contributed by atoms with van der Waals surface area (Å²) in [6, 6.07) is 4.30. The van der Waals surface area contributed by atoms with Crippen molar-refractivity contribution in [1.82, 2.24) is 4.98 Å². The minimum Gasteiger partial charge on any atom is -0.478 e. The van der Waals surface area contributed by atoms with Crippen molar-refractivity contribution in [2.75, 3.05) is 4.72 Å². The first kappa shape index (κ1) is 15.9. The van der Waals surface area contributed by atoms with E-state index in [9.17, 15) is 13.2 Å². The number of carboxylic acid groups (broad SMARTS) is 1. The van der Waals surface area contributed by atoms with E-state index in [1.807, 2.05) is 0 Å². The van der Waals surface area contributed by atoms with Crippen LogP contribution in [-0.4, -0.2) is 24.5 Å². The van der Waals surface area contributed by atoms with Gasteiger partial charge in [0.1, 0.15) is 10.5 Å². The van der Waals surface area contributed by atoms with Crippen LogP contribution in [0.2, 0.25) is 5.02 Å². The Morgan fingerprint density at radius 3 is 2.67 bits per heavy atom. The van der Waals surface area contributed by atoms with Crippen LogP contribution in [0.5, 0.6) is 0 Å². The van der Waals surface area contributed by atoms with Crippen molar-refractivity contribution in [3.63, 3.8) is 0 Å². The van der Waals surface area contributed by atoms with E-state index in [-0.39, 0.29) is 21.2 Å². The third-order valence-corrected chi connectivity index (χ3v) is 5.06.